The van der Waals surface area contributed by atoms with Crippen LogP contribution < -0.4 is 10.9 Å². The molecule has 2 heterocycles. The molecule has 3 aromatic rings. The minimum Gasteiger partial charge on any atom is -0.327 e. The number of rotatable bonds is 4. The van der Waals surface area contributed by atoms with Crippen molar-refractivity contribution in [1.29, 1.82) is 0 Å². The Labute approximate surface area is 163 Å². The minimum absolute atomic E-state index is 0.0719. The molecule has 1 amide bonds. The molecule has 0 spiro atoms. The first-order valence-corrected chi connectivity index (χ1v) is 8.72. The van der Waals surface area contributed by atoms with E-state index in [0.717, 1.165) is 5.56 Å². The summed E-state index contributed by atoms with van der Waals surface area (Å²) in [4.78, 5) is 26.5. The molecule has 29 heavy (non-hydrogen) atoms. The van der Waals surface area contributed by atoms with Crippen LogP contribution in [0.5, 0.6) is 0 Å². The fourth-order valence-corrected chi connectivity index (χ4v) is 2.77. The number of aryl methyl sites for hydroxylation is 1. The Balaban J connectivity index is 1.98. The molecule has 0 radical (unpaired) electrons. The van der Waals surface area contributed by atoms with Crippen molar-refractivity contribution >= 4 is 11.6 Å². The van der Waals surface area contributed by atoms with Gasteiger partial charge in [-0.3, -0.25) is 9.59 Å². The van der Waals surface area contributed by atoms with Crippen LogP contribution in [0.3, 0.4) is 0 Å². The van der Waals surface area contributed by atoms with Gasteiger partial charge in [0.2, 0.25) is 0 Å². The second-order valence-corrected chi connectivity index (χ2v) is 6.81. The number of halogens is 3. The molecule has 0 saturated carbocycles. The first-order chi connectivity index (χ1) is 13.6. The van der Waals surface area contributed by atoms with Crippen LogP contribution in [0.25, 0.3) is 5.69 Å². The van der Waals surface area contributed by atoms with E-state index in [1.165, 1.54) is 4.68 Å². The van der Waals surface area contributed by atoms with Gasteiger partial charge in [0.15, 0.2) is 5.69 Å². The van der Waals surface area contributed by atoms with E-state index in [4.69, 9.17) is 0 Å². The second-order valence-electron chi connectivity index (χ2n) is 6.81. The van der Waals surface area contributed by atoms with Crippen molar-refractivity contribution < 1.29 is 18.0 Å². The van der Waals surface area contributed by atoms with Crippen LogP contribution >= 0.6 is 0 Å². The van der Waals surface area contributed by atoms with E-state index in [1.54, 1.807) is 0 Å². The van der Waals surface area contributed by atoms with Crippen molar-refractivity contribution in [3.05, 3.63) is 69.4 Å². The van der Waals surface area contributed by atoms with Crippen molar-refractivity contribution in [1.82, 2.24) is 20.0 Å². The van der Waals surface area contributed by atoms with Crippen LogP contribution in [-0.2, 0) is 6.18 Å². The number of hydrogen-bond acceptors (Lipinski definition) is 4. The molecule has 0 unspecified atom stereocenters. The highest BCUT2D eigenvalue weighted by Gasteiger charge is 2.32. The van der Waals surface area contributed by atoms with Gasteiger partial charge in [-0.1, -0.05) is 36.8 Å². The number of carbonyl (C=O) groups is 1. The lowest BCUT2D eigenvalue weighted by Crippen LogP contribution is -2.23. The van der Waals surface area contributed by atoms with Crippen molar-refractivity contribution in [3.8, 4) is 5.69 Å². The fourth-order valence-electron chi connectivity index (χ4n) is 2.77. The van der Waals surface area contributed by atoms with E-state index in [-0.39, 0.29) is 11.6 Å². The summed E-state index contributed by atoms with van der Waals surface area (Å²) in [5, 5.41) is 10.1. The molecule has 0 aliphatic heterocycles. The molecular formula is C19H18F3N5O2. The smallest absolute Gasteiger partial charge is 0.327 e. The van der Waals surface area contributed by atoms with Crippen LogP contribution in [0, 0.1) is 6.92 Å². The van der Waals surface area contributed by atoms with Gasteiger partial charge in [-0.05, 0) is 31.0 Å². The van der Waals surface area contributed by atoms with Crippen LogP contribution in [0.4, 0.5) is 18.9 Å². The number of aromatic amines is 1. The lowest BCUT2D eigenvalue weighted by atomic mass is 10.1. The van der Waals surface area contributed by atoms with Crippen molar-refractivity contribution in [2.45, 2.75) is 32.9 Å². The van der Waals surface area contributed by atoms with Crippen LogP contribution in [-0.4, -0.2) is 25.9 Å². The average Bonchev–Trinajstić information content (AvgIpc) is 3.08. The SMILES string of the molecule is Cc1ccc(-n2nnc(C(=O)Nc3cc(C(F)(F)F)c[nH]c3=O)c2C(C)C)cc1. The number of anilines is 1. The topological polar surface area (TPSA) is 92.7 Å². The number of benzene rings is 1. The van der Waals surface area contributed by atoms with Gasteiger partial charge in [0.05, 0.1) is 16.9 Å². The molecule has 10 heteroatoms. The summed E-state index contributed by atoms with van der Waals surface area (Å²) in [5.41, 5.74) is -0.343. The Morgan fingerprint density at radius 3 is 2.45 bits per heavy atom. The summed E-state index contributed by atoms with van der Waals surface area (Å²) in [6.45, 7) is 5.59. The van der Waals surface area contributed by atoms with Crippen LogP contribution in [0.2, 0.25) is 0 Å². The second kappa shape index (κ2) is 7.53. The zero-order valence-electron chi connectivity index (χ0n) is 15.8. The van der Waals surface area contributed by atoms with Gasteiger partial charge in [0.1, 0.15) is 5.69 Å². The molecular weight excluding hydrogens is 387 g/mol. The fraction of sp³-hybridized carbons (Fsp3) is 0.263. The molecule has 0 atom stereocenters. The highest BCUT2D eigenvalue weighted by molar-refractivity contribution is 6.03. The Morgan fingerprint density at radius 2 is 1.86 bits per heavy atom. The summed E-state index contributed by atoms with van der Waals surface area (Å²) in [5.74, 6) is -0.997. The summed E-state index contributed by atoms with van der Waals surface area (Å²) in [6, 6.07) is 7.96. The maximum Gasteiger partial charge on any atom is 0.417 e. The number of hydrogen-bond donors (Lipinski definition) is 2. The number of H-pyrrole nitrogens is 1. The maximum atomic E-state index is 12.9. The normalized spacial score (nSPS) is 11.7. The van der Waals surface area contributed by atoms with E-state index < -0.39 is 28.9 Å². The predicted octanol–water partition coefficient (Wildman–Crippen LogP) is 3.66. The Hall–Kier alpha value is -3.43. The zero-order valence-corrected chi connectivity index (χ0v) is 15.8. The highest BCUT2D eigenvalue weighted by Crippen LogP contribution is 2.29. The van der Waals surface area contributed by atoms with Gasteiger partial charge >= 0.3 is 6.18 Å². The third kappa shape index (κ3) is 4.20. The quantitative estimate of drug-likeness (QED) is 0.693. The molecule has 2 N–H and O–H groups in total. The molecule has 0 fully saturated rings. The average molecular weight is 405 g/mol. The molecule has 0 aliphatic carbocycles. The first-order valence-electron chi connectivity index (χ1n) is 8.72. The lowest BCUT2D eigenvalue weighted by Gasteiger charge is -2.12. The molecule has 2 aromatic heterocycles. The summed E-state index contributed by atoms with van der Waals surface area (Å²) >= 11 is 0. The first kappa shape index (κ1) is 20.3. The monoisotopic (exact) mass is 405 g/mol. The minimum atomic E-state index is -4.67. The van der Waals surface area contributed by atoms with Gasteiger partial charge in [0, 0.05) is 6.20 Å². The molecule has 7 nitrogen and oxygen atoms in total. The number of amides is 1. The van der Waals surface area contributed by atoms with E-state index >= 15 is 0 Å². The number of pyridine rings is 1. The van der Waals surface area contributed by atoms with Crippen molar-refractivity contribution in [2.24, 2.45) is 0 Å². The number of carbonyl (C=O) groups excluding carboxylic acids is 1. The summed E-state index contributed by atoms with van der Waals surface area (Å²) < 4.78 is 40.2. The number of nitrogens with one attached hydrogen (secondary N) is 2. The van der Waals surface area contributed by atoms with Gasteiger partial charge < -0.3 is 10.3 Å². The van der Waals surface area contributed by atoms with E-state index in [9.17, 15) is 22.8 Å². The van der Waals surface area contributed by atoms with Crippen LogP contribution in [0.1, 0.15) is 47.1 Å². The zero-order chi connectivity index (χ0) is 21.3. The third-order valence-corrected chi connectivity index (χ3v) is 4.22. The van der Waals surface area contributed by atoms with Gasteiger partial charge in [-0.25, -0.2) is 4.68 Å². The Morgan fingerprint density at radius 1 is 1.21 bits per heavy atom. The Kier molecular flexibility index (Phi) is 5.27. The standard InChI is InChI=1S/C19H18F3N5O2/c1-10(2)16-15(25-26-27(16)13-6-4-11(3)5-7-13)18(29)24-14-8-12(19(20,21)22)9-23-17(14)28/h4-10H,1-3H3,(H,23,28)(H,24,29). The summed E-state index contributed by atoms with van der Waals surface area (Å²) in [6.07, 6.45) is -4.12. The van der Waals surface area contributed by atoms with Crippen LogP contribution in [0.15, 0.2) is 41.3 Å². The van der Waals surface area contributed by atoms with Gasteiger partial charge in [-0.15, -0.1) is 5.10 Å². The van der Waals surface area contributed by atoms with E-state index in [1.807, 2.05) is 50.0 Å². The largest absolute Gasteiger partial charge is 0.417 e. The van der Waals surface area contributed by atoms with Gasteiger partial charge in [-0.2, -0.15) is 13.2 Å². The lowest BCUT2D eigenvalue weighted by molar-refractivity contribution is -0.137. The van der Waals surface area contributed by atoms with Crippen molar-refractivity contribution in [2.75, 3.05) is 5.32 Å². The molecule has 0 aliphatic rings. The Bertz CT molecular complexity index is 1100. The molecule has 1 aromatic carbocycles. The van der Waals surface area contributed by atoms with Crippen molar-refractivity contribution in [3.63, 3.8) is 0 Å². The summed E-state index contributed by atoms with van der Waals surface area (Å²) in [7, 11) is 0. The highest BCUT2D eigenvalue weighted by atomic mass is 19.4. The molecule has 0 bridgehead atoms. The molecule has 0 saturated heterocycles. The van der Waals surface area contributed by atoms with E-state index in [2.05, 4.69) is 15.6 Å². The van der Waals surface area contributed by atoms with E-state index in [0.29, 0.717) is 23.6 Å². The molecule has 152 valence electrons. The number of aromatic nitrogens is 4. The number of nitrogens with zero attached hydrogens (tertiary/aromatic N) is 3. The molecule has 3 rings (SSSR count). The third-order valence-electron chi connectivity index (χ3n) is 4.22. The van der Waals surface area contributed by atoms with Gasteiger partial charge in [0.25, 0.3) is 11.5 Å². The number of alkyl halides is 3. The predicted molar refractivity (Wildman–Crippen MR) is 100 cm³/mol. The maximum absolute atomic E-state index is 12.9.